The van der Waals surface area contributed by atoms with E-state index in [0.29, 0.717) is 6.42 Å². The quantitative estimate of drug-likeness (QED) is 0.507. The van der Waals surface area contributed by atoms with Gasteiger partial charge in [0, 0.05) is 6.54 Å². The highest BCUT2D eigenvalue weighted by Crippen LogP contribution is 2.11. The van der Waals surface area contributed by atoms with Crippen molar-refractivity contribution >= 4 is 5.97 Å². The van der Waals surface area contributed by atoms with Crippen molar-refractivity contribution in [2.24, 2.45) is 5.92 Å². The van der Waals surface area contributed by atoms with Gasteiger partial charge in [0.25, 0.3) is 0 Å². The summed E-state index contributed by atoms with van der Waals surface area (Å²) >= 11 is 0. The van der Waals surface area contributed by atoms with Gasteiger partial charge in [-0.05, 0) is 39.7 Å². The molecular weight excluding hydrogens is 226 g/mol. The van der Waals surface area contributed by atoms with Crippen LogP contribution < -0.4 is 5.32 Å². The number of unbranched alkanes of at least 4 members (excludes halogenated alkanes) is 1. The van der Waals surface area contributed by atoms with Crippen LogP contribution in [0.2, 0.25) is 0 Å². The number of hydrogen-bond donors (Lipinski definition) is 1. The van der Waals surface area contributed by atoms with Crippen LogP contribution in [0.3, 0.4) is 0 Å². The van der Waals surface area contributed by atoms with E-state index in [1.165, 1.54) is 25.7 Å². The molecule has 1 N–H and O–H groups in total. The molecule has 0 spiro atoms. The van der Waals surface area contributed by atoms with Crippen molar-refractivity contribution in [3.05, 3.63) is 0 Å². The third kappa shape index (κ3) is 10.6. The molecule has 1 unspecified atom stereocenters. The molecule has 0 bridgehead atoms. The Kier molecular flexibility index (Phi) is 9.08. The van der Waals surface area contributed by atoms with Crippen LogP contribution in [0.25, 0.3) is 0 Å². The summed E-state index contributed by atoms with van der Waals surface area (Å²) in [6, 6.07) is 0. The van der Waals surface area contributed by atoms with Crippen LogP contribution in [-0.4, -0.2) is 24.7 Å². The number of carbonyl (C=O) groups excluding carboxylic acids is 1. The minimum atomic E-state index is -0.371. The molecular formula is C15H31NO2. The minimum Gasteiger partial charge on any atom is -0.460 e. The summed E-state index contributed by atoms with van der Waals surface area (Å²) in [5, 5.41) is 3.36. The lowest BCUT2D eigenvalue weighted by atomic mass is 9.99. The van der Waals surface area contributed by atoms with Gasteiger partial charge in [0.1, 0.15) is 5.60 Å². The maximum Gasteiger partial charge on any atom is 0.307 e. The standard InChI is InChI=1S/C15H31NO2/c1-6-8-9-13(7-2)12-16-11-10-14(17)18-15(3,4)5/h13,16H,6-12H2,1-5H3. The van der Waals surface area contributed by atoms with Crippen molar-refractivity contribution in [3.63, 3.8) is 0 Å². The molecule has 3 nitrogen and oxygen atoms in total. The Labute approximate surface area is 113 Å². The molecule has 0 aliphatic rings. The molecule has 1 atom stereocenters. The molecule has 0 saturated carbocycles. The zero-order chi connectivity index (χ0) is 14.0. The highest BCUT2D eigenvalue weighted by molar-refractivity contribution is 5.70. The second-order valence-electron chi connectivity index (χ2n) is 5.96. The second-order valence-corrected chi connectivity index (χ2v) is 5.96. The largest absolute Gasteiger partial charge is 0.460 e. The molecule has 0 aromatic carbocycles. The van der Waals surface area contributed by atoms with Crippen molar-refractivity contribution in [2.75, 3.05) is 13.1 Å². The highest BCUT2D eigenvalue weighted by Gasteiger charge is 2.15. The maximum absolute atomic E-state index is 11.5. The van der Waals surface area contributed by atoms with Gasteiger partial charge >= 0.3 is 5.97 Å². The summed E-state index contributed by atoms with van der Waals surface area (Å²) in [6.45, 7) is 11.9. The molecule has 0 rings (SSSR count). The highest BCUT2D eigenvalue weighted by atomic mass is 16.6. The lowest BCUT2D eigenvalue weighted by molar-refractivity contribution is -0.154. The SMILES string of the molecule is CCCCC(CC)CNCCC(=O)OC(C)(C)C. The normalized spacial score (nSPS) is 13.4. The van der Waals surface area contributed by atoms with Crippen molar-refractivity contribution in [1.29, 1.82) is 0 Å². The van der Waals surface area contributed by atoms with Gasteiger partial charge < -0.3 is 10.1 Å². The zero-order valence-corrected chi connectivity index (χ0v) is 12.8. The van der Waals surface area contributed by atoms with Crippen LogP contribution in [0.4, 0.5) is 0 Å². The third-order valence-electron chi connectivity index (χ3n) is 2.90. The van der Waals surface area contributed by atoms with Crippen LogP contribution in [0.5, 0.6) is 0 Å². The lowest BCUT2D eigenvalue weighted by Crippen LogP contribution is -2.28. The molecule has 0 amide bonds. The van der Waals surface area contributed by atoms with E-state index in [1.54, 1.807) is 0 Å². The van der Waals surface area contributed by atoms with E-state index in [-0.39, 0.29) is 11.6 Å². The summed E-state index contributed by atoms with van der Waals surface area (Å²) in [5.74, 6) is 0.625. The monoisotopic (exact) mass is 257 g/mol. The predicted octanol–water partition coefficient (Wildman–Crippen LogP) is 3.52. The molecule has 0 aliphatic heterocycles. The topological polar surface area (TPSA) is 38.3 Å². The van der Waals surface area contributed by atoms with Crippen LogP contribution in [0.15, 0.2) is 0 Å². The Balaban J connectivity index is 3.62. The van der Waals surface area contributed by atoms with Crippen molar-refractivity contribution in [3.8, 4) is 0 Å². The predicted molar refractivity (Wildman–Crippen MR) is 76.6 cm³/mol. The van der Waals surface area contributed by atoms with Crippen molar-refractivity contribution < 1.29 is 9.53 Å². The second kappa shape index (κ2) is 9.37. The van der Waals surface area contributed by atoms with E-state index in [9.17, 15) is 4.79 Å². The summed E-state index contributed by atoms with van der Waals surface area (Å²) in [7, 11) is 0. The number of carbonyl (C=O) groups is 1. The first kappa shape index (κ1) is 17.4. The van der Waals surface area contributed by atoms with E-state index in [2.05, 4.69) is 19.2 Å². The van der Waals surface area contributed by atoms with Gasteiger partial charge in [0.15, 0.2) is 0 Å². The summed E-state index contributed by atoms with van der Waals surface area (Å²) < 4.78 is 5.26. The van der Waals surface area contributed by atoms with Crippen LogP contribution in [-0.2, 0) is 9.53 Å². The van der Waals surface area contributed by atoms with E-state index < -0.39 is 0 Å². The van der Waals surface area contributed by atoms with Gasteiger partial charge in [-0.3, -0.25) is 4.79 Å². The van der Waals surface area contributed by atoms with E-state index in [1.807, 2.05) is 20.8 Å². The van der Waals surface area contributed by atoms with E-state index >= 15 is 0 Å². The lowest BCUT2D eigenvalue weighted by Gasteiger charge is -2.20. The molecule has 0 aromatic rings. The van der Waals surface area contributed by atoms with Gasteiger partial charge in [0.05, 0.1) is 6.42 Å². The van der Waals surface area contributed by atoms with Gasteiger partial charge in [-0.1, -0.05) is 33.1 Å². The number of esters is 1. The van der Waals surface area contributed by atoms with Gasteiger partial charge in [-0.2, -0.15) is 0 Å². The van der Waals surface area contributed by atoms with Crippen molar-refractivity contribution in [1.82, 2.24) is 5.32 Å². The summed E-state index contributed by atoms with van der Waals surface area (Å²) in [6.07, 6.45) is 5.51. The number of nitrogens with one attached hydrogen (secondary N) is 1. The molecule has 0 fully saturated rings. The first-order chi connectivity index (χ1) is 8.39. The fraction of sp³-hybridized carbons (Fsp3) is 0.933. The van der Waals surface area contributed by atoms with Crippen molar-refractivity contribution in [2.45, 2.75) is 72.3 Å². The van der Waals surface area contributed by atoms with Gasteiger partial charge in [0.2, 0.25) is 0 Å². The average Bonchev–Trinajstić information content (AvgIpc) is 2.26. The smallest absolute Gasteiger partial charge is 0.307 e. The molecule has 0 radical (unpaired) electrons. The Morgan fingerprint density at radius 1 is 1.28 bits per heavy atom. The van der Waals surface area contributed by atoms with Crippen LogP contribution >= 0.6 is 0 Å². The Morgan fingerprint density at radius 2 is 1.94 bits per heavy atom. The van der Waals surface area contributed by atoms with Crippen LogP contribution in [0.1, 0.15) is 66.7 Å². The Hall–Kier alpha value is -0.570. The third-order valence-corrected chi connectivity index (χ3v) is 2.90. The molecule has 0 aliphatic carbocycles. The van der Waals surface area contributed by atoms with E-state index in [0.717, 1.165) is 19.0 Å². The average molecular weight is 257 g/mol. The van der Waals surface area contributed by atoms with Gasteiger partial charge in [-0.25, -0.2) is 0 Å². The summed E-state index contributed by atoms with van der Waals surface area (Å²) in [4.78, 5) is 11.5. The first-order valence-electron chi connectivity index (χ1n) is 7.31. The first-order valence-corrected chi connectivity index (χ1v) is 7.31. The van der Waals surface area contributed by atoms with E-state index in [4.69, 9.17) is 4.74 Å². The maximum atomic E-state index is 11.5. The number of hydrogen-bond acceptors (Lipinski definition) is 3. The van der Waals surface area contributed by atoms with Crippen LogP contribution in [0, 0.1) is 5.92 Å². The molecule has 18 heavy (non-hydrogen) atoms. The number of rotatable bonds is 9. The molecule has 0 saturated heterocycles. The molecule has 0 aromatic heterocycles. The molecule has 3 heteroatoms. The minimum absolute atomic E-state index is 0.114. The van der Waals surface area contributed by atoms with Gasteiger partial charge in [-0.15, -0.1) is 0 Å². The molecule has 0 heterocycles. The fourth-order valence-corrected chi connectivity index (χ4v) is 1.83. The summed E-state index contributed by atoms with van der Waals surface area (Å²) in [5.41, 5.74) is -0.371. The zero-order valence-electron chi connectivity index (χ0n) is 12.8. The number of ether oxygens (including phenoxy) is 1. The Morgan fingerprint density at radius 3 is 2.44 bits per heavy atom. The molecule has 108 valence electrons. The Bertz CT molecular complexity index is 221. The fourth-order valence-electron chi connectivity index (χ4n) is 1.83.